The first-order valence-corrected chi connectivity index (χ1v) is 7.58. The van der Waals surface area contributed by atoms with E-state index in [-0.39, 0.29) is 11.8 Å². The van der Waals surface area contributed by atoms with Crippen LogP contribution in [-0.4, -0.2) is 23.7 Å². The van der Waals surface area contributed by atoms with Crippen LogP contribution in [0.3, 0.4) is 0 Å². The number of aliphatic hydroxyl groups excluding tert-OH is 1. The number of carbonyl (C=O) groups is 1. The Bertz CT molecular complexity index is 436. The first-order valence-electron chi connectivity index (χ1n) is 7.58. The molecule has 1 atom stereocenters. The number of nitrogens with one attached hydrogen (secondary N) is 1. The number of hydrogen-bond acceptors (Lipinski definition) is 2. The third kappa shape index (κ3) is 3.04. The maximum Gasteiger partial charge on any atom is 0.230 e. The fourth-order valence-corrected chi connectivity index (χ4v) is 2.98. The van der Waals surface area contributed by atoms with Crippen molar-refractivity contribution in [3.05, 3.63) is 35.9 Å². The molecular weight excluding hydrogens is 250 g/mol. The Labute approximate surface area is 121 Å². The summed E-state index contributed by atoms with van der Waals surface area (Å²) in [5.41, 5.74) is 0.715. The van der Waals surface area contributed by atoms with E-state index in [1.165, 1.54) is 0 Å². The third-order valence-corrected chi connectivity index (χ3v) is 4.46. The van der Waals surface area contributed by atoms with E-state index in [1.54, 1.807) is 0 Å². The van der Waals surface area contributed by atoms with Crippen LogP contribution < -0.4 is 5.32 Å². The van der Waals surface area contributed by atoms with Crippen molar-refractivity contribution in [2.24, 2.45) is 5.92 Å². The summed E-state index contributed by atoms with van der Waals surface area (Å²) in [6.07, 6.45) is 3.51. The van der Waals surface area contributed by atoms with Crippen molar-refractivity contribution in [2.45, 2.75) is 51.0 Å². The van der Waals surface area contributed by atoms with Gasteiger partial charge in [0.05, 0.1) is 11.5 Å². The van der Waals surface area contributed by atoms with Crippen molar-refractivity contribution < 1.29 is 9.90 Å². The Kier molecular flexibility index (Phi) is 4.81. The highest BCUT2D eigenvalue weighted by molar-refractivity contribution is 5.88. The SMILES string of the molecule is CC(C)C(O)CNC(=O)C1(c2ccccc2)CCCC1. The lowest BCUT2D eigenvalue weighted by atomic mass is 9.78. The minimum Gasteiger partial charge on any atom is -0.391 e. The van der Waals surface area contributed by atoms with Crippen molar-refractivity contribution in [3.63, 3.8) is 0 Å². The van der Waals surface area contributed by atoms with Crippen LogP contribution in [0.1, 0.15) is 45.1 Å². The van der Waals surface area contributed by atoms with E-state index >= 15 is 0 Å². The summed E-state index contributed by atoms with van der Waals surface area (Å²) in [5, 5.41) is 12.8. The quantitative estimate of drug-likeness (QED) is 0.868. The predicted octanol–water partition coefficient (Wildman–Crippen LogP) is 2.63. The first kappa shape index (κ1) is 15.0. The van der Waals surface area contributed by atoms with Gasteiger partial charge in [-0.25, -0.2) is 0 Å². The molecule has 1 saturated carbocycles. The summed E-state index contributed by atoms with van der Waals surface area (Å²) in [6, 6.07) is 10.1. The molecule has 0 bridgehead atoms. The Morgan fingerprint density at radius 2 is 1.85 bits per heavy atom. The molecule has 1 aliphatic carbocycles. The maximum absolute atomic E-state index is 12.7. The molecule has 0 radical (unpaired) electrons. The van der Waals surface area contributed by atoms with Crippen LogP contribution in [0.15, 0.2) is 30.3 Å². The summed E-state index contributed by atoms with van der Waals surface area (Å²) in [7, 11) is 0. The smallest absolute Gasteiger partial charge is 0.230 e. The lowest BCUT2D eigenvalue weighted by Gasteiger charge is -2.29. The van der Waals surface area contributed by atoms with Crippen molar-refractivity contribution in [1.29, 1.82) is 0 Å². The van der Waals surface area contributed by atoms with E-state index < -0.39 is 11.5 Å². The zero-order chi connectivity index (χ0) is 14.6. The Hall–Kier alpha value is -1.35. The van der Waals surface area contributed by atoms with Gasteiger partial charge < -0.3 is 10.4 Å². The van der Waals surface area contributed by atoms with Gasteiger partial charge in [-0.2, -0.15) is 0 Å². The summed E-state index contributed by atoms with van der Waals surface area (Å²) < 4.78 is 0. The van der Waals surface area contributed by atoms with E-state index in [0.29, 0.717) is 6.54 Å². The average molecular weight is 275 g/mol. The van der Waals surface area contributed by atoms with E-state index in [4.69, 9.17) is 0 Å². The number of benzene rings is 1. The number of rotatable bonds is 5. The molecule has 1 aromatic carbocycles. The molecule has 3 heteroatoms. The van der Waals surface area contributed by atoms with Crippen LogP contribution in [0.2, 0.25) is 0 Å². The van der Waals surface area contributed by atoms with E-state index in [1.807, 2.05) is 44.2 Å². The largest absolute Gasteiger partial charge is 0.391 e. The molecule has 0 heterocycles. The molecule has 1 aromatic rings. The molecule has 0 aromatic heterocycles. The molecule has 0 spiro atoms. The average Bonchev–Trinajstić information content (AvgIpc) is 2.96. The number of amides is 1. The summed E-state index contributed by atoms with van der Waals surface area (Å²) in [4.78, 5) is 12.7. The normalized spacial score (nSPS) is 19.0. The molecule has 20 heavy (non-hydrogen) atoms. The monoisotopic (exact) mass is 275 g/mol. The zero-order valence-corrected chi connectivity index (χ0v) is 12.4. The molecule has 1 aliphatic rings. The topological polar surface area (TPSA) is 49.3 Å². The van der Waals surface area contributed by atoms with Gasteiger partial charge in [0, 0.05) is 6.54 Å². The minimum absolute atomic E-state index is 0.0703. The third-order valence-electron chi connectivity index (χ3n) is 4.46. The molecule has 2 rings (SSSR count). The Balaban J connectivity index is 2.11. The predicted molar refractivity (Wildman–Crippen MR) is 80.4 cm³/mol. The van der Waals surface area contributed by atoms with E-state index in [0.717, 1.165) is 31.2 Å². The number of carbonyl (C=O) groups excluding carboxylic acids is 1. The summed E-state index contributed by atoms with van der Waals surface area (Å²) in [6.45, 7) is 4.25. The molecule has 1 fully saturated rings. The van der Waals surface area contributed by atoms with Crippen molar-refractivity contribution in [2.75, 3.05) is 6.54 Å². The van der Waals surface area contributed by atoms with Crippen LogP contribution in [0.4, 0.5) is 0 Å². The Morgan fingerprint density at radius 3 is 2.40 bits per heavy atom. The van der Waals surface area contributed by atoms with E-state index in [2.05, 4.69) is 5.32 Å². The molecule has 2 N–H and O–H groups in total. The van der Waals surface area contributed by atoms with Crippen LogP contribution in [-0.2, 0) is 10.2 Å². The van der Waals surface area contributed by atoms with E-state index in [9.17, 15) is 9.90 Å². The lowest BCUT2D eigenvalue weighted by Crippen LogP contribution is -2.45. The molecular formula is C17H25NO2. The minimum atomic E-state index is -0.479. The van der Waals surface area contributed by atoms with Crippen LogP contribution in [0.5, 0.6) is 0 Å². The second-order valence-corrected chi connectivity index (χ2v) is 6.18. The molecule has 1 unspecified atom stereocenters. The molecule has 0 aliphatic heterocycles. The van der Waals surface area contributed by atoms with Gasteiger partial charge in [-0.3, -0.25) is 4.79 Å². The number of hydrogen-bond donors (Lipinski definition) is 2. The molecule has 1 amide bonds. The standard InChI is InChI=1S/C17H25NO2/c1-13(2)15(19)12-18-16(20)17(10-6-7-11-17)14-8-4-3-5-9-14/h3-5,8-9,13,15,19H,6-7,10-12H2,1-2H3,(H,18,20). The van der Waals surface area contributed by atoms with Gasteiger partial charge in [-0.05, 0) is 24.3 Å². The first-order chi connectivity index (χ1) is 9.56. The highest BCUT2D eigenvalue weighted by atomic mass is 16.3. The lowest BCUT2D eigenvalue weighted by molar-refractivity contribution is -0.127. The van der Waals surface area contributed by atoms with Gasteiger partial charge in [0.25, 0.3) is 0 Å². The molecule has 3 nitrogen and oxygen atoms in total. The fraction of sp³-hybridized carbons (Fsp3) is 0.588. The van der Waals surface area contributed by atoms with Crippen molar-refractivity contribution in [3.8, 4) is 0 Å². The van der Waals surface area contributed by atoms with Crippen molar-refractivity contribution in [1.82, 2.24) is 5.32 Å². The highest BCUT2D eigenvalue weighted by Gasteiger charge is 2.42. The molecule has 0 saturated heterocycles. The van der Waals surface area contributed by atoms with Gasteiger partial charge in [0.2, 0.25) is 5.91 Å². The second-order valence-electron chi connectivity index (χ2n) is 6.18. The second kappa shape index (κ2) is 6.40. The van der Waals surface area contributed by atoms with Gasteiger partial charge in [0.1, 0.15) is 0 Å². The molecule has 110 valence electrons. The maximum atomic E-state index is 12.7. The van der Waals surface area contributed by atoms with Gasteiger partial charge in [-0.1, -0.05) is 57.0 Å². The van der Waals surface area contributed by atoms with Crippen LogP contribution in [0, 0.1) is 5.92 Å². The van der Waals surface area contributed by atoms with Crippen LogP contribution in [0.25, 0.3) is 0 Å². The van der Waals surface area contributed by atoms with Gasteiger partial charge in [-0.15, -0.1) is 0 Å². The Morgan fingerprint density at radius 1 is 1.25 bits per heavy atom. The van der Waals surface area contributed by atoms with Crippen molar-refractivity contribution >= 4 is 5.91 Å². The van der Waals surface area contributed by atoms with Crippen LogP contribution >= 0.6 is 0 Å². The highest BCUT2D eigenvalue weighted by Crippen LogP contribution is 2.41. The fourth-order valence-electron chi connectivity index (χ4n) is 2.98. The number of aliphatic hydroxyl groups is 1. The summed E-state index contributed by atoms with van der Waals surface area (Å²) >= 11 is 0. The van der Waals surface area contributed by atoms with Gasteiger partial charge in [0.15, 0.2) is 0 Å². The van der Waals surface area contributed by atoms with Gasteiger partial charge >= 0.3 is 0 Å². The summed E-state index contributed by atoms with van der Waals surface area (Å²) in [5.74, 6) is 0.229. The zero-order valence-electron chi connectivity index (χ0n) is 12.4.